The van der Waals surface area contributed by atoms with Gasteiger partial charge in [-0.3, -0.25) is 4.79 Å². The van der Waals surface area contributed by atoms with Gasteiger partial charge in [-0.1, -0.05) is 61.0 Å². The minimum Gasteiger partial charge on any atom is -0.454 e. The molecule has 0 aliphatic carbocycles. The van der Waals surface area contributed by atoms with E-state index in [1.54, 1.807) is 60.7 Å². The molecule has 0 aliphatic rings. The summed E-state index contributed by atoms with van der Waals surface area (Å²) in [4.78, 5) is 23.2. The predicted molar refractivity (Wildman–Crippen MR) is 104 cm³/mol. The SMILES string of the molecule is C.O=C(/C=C/c1ccc(Cl)cc1)COC(=O)/C=C/c1ccc(Cl)cc1. The normalized spacial score (nSPS) is 10.6. The molecule has 0 aliphatic heterocycles. The molecular formula is C20H18Cl2O3. The van der Waals surface area contributed by atoms with E-state index in [2.05, 4.69) is 0 Å². The Morgan fingerprint density at radius 3 is 1.72 bits per heavy atom. The van der Waals surface area contributed by atoms with Crippen molar-refractivity contribution in [3.8, 4) is 0 Å². The fourth-order valence-electron chi connectivity index (χ4n) is 1.74. The van der Waals surface area contributed by atoms with Crippen molar-refractivity contribution in [3.63, 3.8) is 0 Å². The van der Waals surface area contributed by atoms with Crippen LogP contribution in [-0.2, 0) is 14.3 Å². The zero-order chi connectivity index (χ0) is 17.4. The number of benzene rings is 2. The molecule has 0 aromatic heterocycles. The maximum absolute atomic E-state index is 11.7. The van der Waals surface area contributed by atoms with Crippen molar-refractivity contribution < 1.29 is 14.3 Å². The highest BCUT2D eigenvalue weighted by molar-refractivity contribution is 6.30. The lowest BCUT2D eigenvalue weighted by molar-refractivity contribution is -0.141. The molecular weight excluding hydrogens is 359 g/mol. The average Bonchev–Trinajstić information content (AvgIpc) is 2.59. The van der Waals surface area contributed by atoms with Gasteiger partial charge in [0.2, 0.25) is 0 Å². The molecule has 0 heterocycles. The van der Waals surface area contributed by atoms with Crippen LogP contribution in [0.15, 0.2) is 60.7 Å². The van der Waals surface area contributed by atoms with Crippen LogP contribution < -0.4 is 0 Å². The number of ether oxygens (including phenoxy) is 1. The van der Waals surface area contributed by atoms with Crippen molar-refractivity contribution >= 4 is 47.1 Å². The van der Waals surface area contributed by atoms with Crippen LogP contribution >= 0.6 is 23.2 Å². The van der Waals surface area contributed by atoms with E-state index in [9.17, 15) is 9.59 Å². The van der Waals surface area contributed by atoms with E-state index in [0.717, 1.165) is 11.1 Å². The van der Waals surface area contributed by atoms with Crippen molar-refractivity contribution in [2.75, 3.05) is 6.61 Å². The first-order chi connectivity index (χ1) is 11.5. The van der Waals surface area contributed by atoms with E-state index in [-0.39, 0.29) is 19.8 Å². The summed E-state index contributed by atoms with van der Waals surface area (Å²) in [5.74, 6) is -0.892. The zero-order valence-electron chi connectivity index (χ0n) is 12.6. The predicted octanol–water partition coefficient (Wildman–Crippen LogP) is 5.47. The summed E-state index contributed by atoms with van der Waals surface area (Å²) in [6.07, 6.45) is 5.85. The Morgan fingerprint density at radius 2 is 1.24 bits per heavy atom. The fraction of sp³-hybridized carbons (Fsp3) is 0.100. The number of carbonyl (C=O) groups is 2. The van der Waals surface area contributed by atoms with Gasteiger partial charge >= 0.3 is 5.97 Å². The second-order valence-corrected chi connectivity index (χ2v) is 5.72. The number of rotatable bonds is 6. The van der Waals surface area contributed by atoms with Gasteiger partial charge in [0.25, 0.3) is 0 Å². The lowest BCUT2D eigenvalue weighted by atomic mass is 10.2. The van der Waals surface area contributed by atoms with E-state index in [1.807, 2.05) is 0 Å². The van der Waals surface area contributed by atoms with Gasteiger partial charge in [-0.15, -0.1) is 0 Å². The van der Waals surface area contributed by atoms with Crippen molar-refractivity contribution in [3.05, 3.63) is 81.9 Å². The summed E-state index contributed by atoms with van der Waals surface area (Å²) in [6, 6.07) is 14.0. The van der Waals surface area contributed by atoms with Gasteiger partial charge in [0, 0.05) is 16.1 Å². The quantitative estimate of drug-likeness (QED) is 0.495. The van der Waals surface area contributed by atoms with Gasteiger partial charge < -0.3 is 4.74 Å². The lowest BCUT2D eigenvalue weighted by Crippen LogP contribution is -2.09. The third-order valence-electron chi connectivity index (χ3n) is 2.97. The van der Waals surface area contributed by atoms with Crippen LogP contribution in [0.2, 0.25) is 10.0 Å². The minimum absolute atomic E-state index is 0. The number of carbonyl (C=O) groups excluding carboxylic acids is 2. The van der Waals surface area contributed by atoms with Crippen molar-refractivity contribution in [1.82, 2.24) is 0 Å². The largest absolute Gasteiger partial charge is 0.454 e. The van der Waals surface area contributed by atoms with Gasteiger partial charge in [-0.2, -0.15) is 0 Å². The molecule has 0 bridgehead atoms. The van der Waals surface area contributed by atoms with Gasteiger partial charge in [0.15, 0.2) is 12.4 Å². The fourth-order valence-corrected chi connectivity index (χ4v) is 1.99. The standard InChI is InChI=1S/C19H14Cl2O3.CH4/c20-16-7-1-14(2-8-16)5-11-18(22)13-24-19(23)12-6-15-3-9-17(21)10-4-15;/h1-12H,13H2;1H4/b11-5+,12-6+;. The maximum Gasteiger partial charge on any atom is 0.331 e. The summed E-state index contributed by atoms with van der Waals surface area (Å²) >= 11 is 11.6. The van der Waals surface area contributed by atoms with E-state index in [1.165, 1.54) is 12.2 Å². The molecule has 130 valence electrons. The van der Waals surface area contributed by atoms with Gasteiger partial charge in [0.05, 0.1) is 0 Å². The molecule has 0 atom stereocenters. The molecule has 0 unspecified atom stereocenters. The maximum atomic E-state index is 11.7. The molecule has 2 aromatic carbocycles. The number of halogens is 2. The summed E-state index contributed by atoms with van der Waals surface area (Å²) in [5.41, 5.74) is 1.65. The van der Waals surface area contributed by atoms with E-state index in [4.69, 9.17) is 27.9 Å². The Kier molecular flexibility index (Phi) is 8.68. The van der Waals surface area contributed by atoms with Gasteiger partial charge in [0.1, 0.15) is 0 Å². The van der Waals surface area contributed by atoms with E-state index >= 15 is 0 Å². The highest BCUT2D eigenvalue weighted by Gasteiger charge is 2.02. The smallest absolute Gasteiger partial charge is 0.331 e. The molecule has 0 radical (unpaired) electrons. The first-order valence-electron chi connectivity index (χ1n) is 7.10. The van der Waals surface area contributed by atoms with Gasteiger partial charge in [-0.25, -0.2) is 4.79 Å². The van der Waals surface area contributed by atoms with Crippen LogP contribution in [-0.4, -0.2) is 18.4 Å². The third-order valence-corrected chi connectivity index (χ3v) is 3.47. The van der Waals surface area contributed by atoms with Crippen molar-refractivity contribution in [1.29, 1.82) is 0 Å². The molecule has 3 nitrogen and oxygen atoms in total. The molecule has 0 saturated heterocycles. The molecule has 2 rings (SSSR count). The van der Waals surface area contributed by atoms with Crippen LogP contribution in [0, 0.1) is 0 Å². The summed E-state index contributed by atoms with van der Waals surface area (Å²) in [7, 11) is 0. The Balaban J connectivity index is 0.00000312. The van der Waals surface area contributed by atoms with Crippen LogP contribution in [0.4, 0.5) is 0 Å². The second-order valence-electron chi connectivity index (χ2n) is 4.84. The lowest BCUT2D eigenvalue weighted by Gasteiger charge is -1.98. The van der Waals surface area contributed by atoms with E-state index < -0.39 is 5.97 Å². The summed E-state index contributed by atoms with van der Waals surface area (Å²) in [5, 5.41) is 1.24. The minimum atomic E-state index is -0.585. The van der Waals surface area contributed by atoms with Crippen molar-refractivity contribution in [2.45, 2.75) is 7.43 Å². The van der Waals surface area contributed by atoms with Crippen molar-refractivity contribution in [2.24, 2.45) is 0 Å². The molecule has 0 N–H and O–H groups in total. The molecule has 25 heavy (non-hydrogen) atoms. The zero-order valence-corrected chi connectivity index (χ0v) is 14.1. The topological polar surface area (TPSA) is 43.4 Å². The number of esters is 1. The highest BCUT2D eigenvalue weighted by atomic mass is 35.5. The molecule has 0 saturated carbocycles. The third kappa shape index (κ3) is 7.84. The Bertz CT molecular complexity index is 693. The monoisotopic (exact) mass is 376 g/mol. The second kappa shape index (κ2) is 10.5. The molecule has 0 fully saturated rings. The first-order valence-corrected chi connectivity index (χ1v) is 7.85. The molecule has 5 heteroatoms. The van der Waals surface area contributed by atoms with Crippen LogP contribution in [0.25, 0.3) is 12.2 Å². The van der Waals surface area contributed by atoms with Gasteiger partial charge in [-0.05, 0) is 47.5 Å². The average molecular weight is 377 g/mol. The number of hydrogen-bond acceptors (Lipinski definition) is 3. The first kappa shape index (κ1) is 20.7. The Hall–Kier alpha value is -2.36. The number of ketones is 1. The van der Waals surface area contributed by atoms with Crippen LogP contribution in [0.5, 0.6) is 0 Å². The summed E-state index contributed by atoms with van der Waals surface area (Å²) < 4.78 is 4.88. The molecule has 0 amide bonds. The van der Waals surface area contributed by atoms with Crippen LogP contribution in [0.3, 0.4) is 0 Å². The Labute approximate surface area is 157 Å². The summed E-state index contributed by atoms with van der Waals surface area (Å²) in [6.45, 7) is -0.312. The van der Waals surface area contributed by atoms with Crippen LogP contribution in [0.1, 0.15) is 18.6 Å². The molecule has 2 aromatic rings. The Morgan fingerprint density at radius 1 is 0.800 bits per heavy atom. The number of hydrogen-bond donors (Lipinski definition) is 0. The highest BCUT2D eigenvalue weighted by Crippen LogP contribution is 2.11. The van der Waals surface area contributed by atoms with E-state index in [0.29, 0.717) is 10.0 Å². The molecule has 0 spiro atoms.